The van der Waals surface area contributed by atoms with Gasteiger partial charge in [0.25, 0.3) is 5.56 Å². The number of hydrogen-bond acceptors (Lipinski definition) is 5. The van der Waals surface area contributed by atoms with Crippen molar-refractivity contribution in [2.45, 2.75) is 20.5 Å². The van der Waals surface area contributed by atoms with Crippen LogP contribution >= 0.6 is 11.6 Å². The Morgan fingerprint density at radius 2 is 2.00 bits per heavy atom. The second-order valence-electron chi connectivity index (χ2n) is 5.83. The summed E-state index contributed by atoms with van der Waals surface area (Å²) in [7, 11) is 0. The van der Waals surface area contributed by atoms with E-state index in [4.69, 9.17) is 21.1 Å². The maximum atomic E-state index is 12.1. The lowest BCUT2D eigenvalue weighted by molar-refractivity contribution is -0.147. The summed E-state index contributed by atoms with van der Waals surface area (Å²) in [6.07, 6.45) is 1.65. The van der Waals surface area contributed by atoms with Gasteiger partial charge in [-0.1, -0.05) is 17.7 Å². The van der Waals surface area contributed by atoms with Gasteiger partial charge in [0.05, 0.1) is 5.69 Å². The first-order chi connectivity index (χ1) is 12.4. The number of rotatable bonds is 5. The summed E-state index contributed by atoms with van der Waals surface area (Å²) >= 11 is 5.94. The average Bonchev–Trinajstić information content (AvgIpc) is 2.62. The van der Waals surface area contributed by atoms with Crippen molar-refractivity contribution < 1.29 is 14.3 Å². The van der Waals surface area contributed by atoms with Crippen molar-refractivity contribution in [1.29, 1.82) is 0 Å². The molecule has 0 radical (unpaired) electrons. The van der Waals surface area contributed by atoms with E-state index in [1.165, 1.54) is 10.5 Å². The first kappa shape index (κ1) is 17.9. The van der Waals surface area contributed by atoms with Crippen molar-refractivity contribution in [2.24, 2.45) is 0 Å². The lowest BCUT2D eigenvalue weighted by atomic mass is 10.2. The van der Waals surface area contributed by atoms with E-state index >= 15 is 0 Å². The minimum absolute atomic E-state index is 0.0953. The molecular weight excluding hydrogens is 356 g/mol. The number of hydrogen-bond donors (Lipinski definition) is 0. The quantitative estimate of drug-likeness (QED) is 0.644. The normalized spacial score (nSPS) is 10.7. The van der Waals surface area contributed by atoms with Gasteiger partial charge >= 0.3 is 5.97 Å². The number of fused-ring (bicyclic) bond motifs is 1. The van der Waals surface area contributed by atoms with Crippen LogP contribution in [0.25, 0.3) is 5.65 Å². The molecule has 0 aliphatic heterocycles. The standard InChI is InChI=1S/C19H17ClN2O4/c1-12-4-3-7-22-17(23)9-14(21-19(12)22)10-26-18(24)11-25-15-5-6-16(20)13(2)8-15/h3-9H,10-11H2,1-2H3. The molecule has 2 heterocycles. The molecule has 6 nitrogen and oxygen atoms in total. The highest BCUT2D eigenvalue weighted by Crippen LogP contribution is 2.21. The second-order valence-corrected chi connectivity index (χ2v) is 6.24. The van der Waals surface area contributed by atoms with Gasteiger partial charge in [-0.3, -0.25) is 9.20 Å². The summed E-state index contributed by atoms with van der Waals surface area (Å²) in [5.41, 5.74) is 2.42. The molecule has 0 aliphatic carbocycles. The van der Waals surface area contributed by atoms with Crippen LogP contribution < -0.4 is 10.3 Å². The van der Waals surface area contributed by atoms with E-state index in [0.29, 0.717) is 22.1 Å². The molecular formula is C19H17ClN2O4. The first-order valence-corrected chi connectivity index (χ1v) is 8.34. The number of benzene rings is 1. The third kappa shape index (κ3) is 4.03. The summed E-state index contributed by atoms with van der Waals surface area (Å²) in [6, 6.07) is 10.1. The lowest BCUT2D eigenvalue weighted by Gasteiger charge is -2.09. The molecule has 0 unspecified atom stereocenters. The van der Waals surface area contributed by atoms with Gasteiger partial charge in [-0.2, -0.15) is 0 Å². The van der Waals surface area contributed by atoms with Gasteiger partial charge in [0.15, 0.2) is 6.61 Å². The zero-order chi connectivity index (χ0) is 18.7. The molecule has 0 aliphatic rings. The van der Waals surface area contributed by atoms with Crippen LogP contribution in [0.2, 0.25) is 5.02 Å². The van der Waals surface area contributed by atoms with Crippen molar-refractivity contribution >= 4 is 23.2 Å². The zero-order valence-electron chi connectivity index (χ0n) is 14.4. The number of esters is 1. The summed E-state index contributed by atoms with van der Waals surface area (Å²) in [4.78, 5) is 28.4. The van der Waals surface area contributed by atoms with Crippen LogP contribution in [0.5, 0.6) is 5.75 Å². The molecule has 3 rings (SSSR count). The number of pyridine rings is 1. The Morgan fingerprint density at radius 3 is 2.77 bits per heavy atom. The van der Waals surface area contributed by atoms with Crippen LogP contribution in [0.1, 0.15) is 16.8 Å². The number of carbonyl (C=O) groups is 1. The summed E-state index contributed by atoms with van der Waals surface area (Å²) < 4.78 is 12.0. The van der Waals surface area contributed by atoms with Crippen molar-refractivity contribution in [2.75, 3.05) is 6.61 Å². The first-order valence-electron chi connectivity index (χ1n) is 7.96. The van der Waals surface area contributed by atoms with Gasteiger partial charge < -0.3 is 9.47 Å². The molecule has 0 saturated heterocycles. The van der Waals surface area contributed by atoms with Crippen LogP contribution in [0.3, 0.4) is 0 Å². The Bertz CT molecular complexity index is 1030. The smallest absolute Gasteiger partial charge is 0.344 e. The SMILES string of the molecule is Cc1cc(OCC(=O)OCc2cc(=O)n3cccc(C)c3n2)ccc1Cl. The predicted octanol–water partition coefficient (Wildman–Crippen LogP) is 3.09. The molecule has 0 fully saturated rings. The third-order valence-electron chi connectivity index (χ3n) is 3.81. The number of aryl methyl sites for hydroxylation is 2. The molecule has 3 aromatic rings. The number of carbonyl (C=O) groups excluding carboxylic acids is 1. The lowest BCUT2D eigenvalue weighted by Crippen LogP contribution is -2.19. The van der Waals surface area contributed by atoms with Gasteiger partial charge in [0.1, 0.15) is 18.0 Å². The summed E-state index contributed by atoms with van der Waals surface area (Å²) in [5.74, 6) is -0.0223. The highest BCUT2D eigenvalue weighted by atomic mass is 35.5. The molecule has 2 aromatic heterocycles. The van der Waals surface area contributed by atoms with E-state index in [9.17, 15) is 9.59 Å². The minimum Gasteiger partial charge on any atom is -0.482 e. The Kier molecular flexibility index (Phi) is 5.23. The van der Waals surface area contributed by atoms with Crippen LogP contribution in [0.4, 0.5) is 0 Å². The molecule has 26 heavy (non-hydrogen) atoms. The van der Waals surface area contributed by atoms with Gasteiger partial charge in [-0.05, 0) is 49.2 Å². The molecule has 7 heteroatoms. The fourth-order valence-corrected chi connectivity index (χ4v) is 2.55. The highest BCUT2D eigenvalue weighted by molar-refractivity contribution is 6.31. The van der Waals surface area contributed by atoms with E-state index in [2.05, 4.69) is 4.98 Å². The van der Waals surface area contributed by atoms with Gasteiger partial charge in [-0.15, -0.1) is 0 Å². The third-order valence-corrected chi connectivity index (χ3v) is 4.23. The largest absolute Gasteiger partial charge is 0.482 e. The predicted molar refractivity (Wildman–Crippen MR) is 97.7 cm³/mol. The molecule has 1 aromatic carbocycles. The molecule has 0 amide bonds. The molecule has 0 saturated carbocycles. The van der Waals surface area contributed by atoms with Crippen molar-refractivity contribution in [3.63, 3.8) is 0 Å². The van der Waals surface area contributed by atoms with E-state index in [1.54, 1.807) is 30.5 Å². The maximum absolute atomic E-state index is 12.1. The maximum Gasteiger partial charge on any atom is 0.344 e. The minimum atomic E-state index is -0.551. The number of ether oxygens (including phenoxy) is 2. The summed E-state index contributed by atoms with van der Waals surface area (Å²) in [5, 5.41) is 0.629. The van der Waals surface area contributed by atoms with Crippen molar-refractivity contribution in [3.05, 3.63) is 74.8 Å². The molecule has 0 bridgehead atoms. The Morgan fingerprint density at radius 1 is 1.19 bits per heavy atom. The topological polar surface area (TPSA) is 69.9 Å². The van der Waals surface area contributed by atoms with E-state index in [0.717, 1.165) is 11.1 Å². The van der Waals surface area contributed by atoms with Gasteiger partial charge in [-0.25, -0.2) is 9.78 Å². The Hall–Kier alpha value is -2.86. The Labute approximate surface area is 155 Å². The molecule has 0 N–H and O–H groups in total. The van der Waals surface area contributed by atoms with Crippen LogP contribution in [-0.4, -0.2) is 22.0 Å². The van der Waals surface area contributed by atoms with Gasteiger partial charge in [0, 0.05) is 17.3 Å². The zero-order valence-corrected chi connectivity index (χ0v) is 15.1. The van der Waals surface area contributed by atoms with E-state index in [1.807, 2.05) is 19.9 Å². The highest BCUT2D eigenvalue weighted by Gasteiger charge is 2.09. The van der Waals surface area contributed by atoms with Crippen LogP contribution in [0.15, 0.2) is 47.4 Å². The molecule has 0 spiro atoms. The fourth-order valence-electron chi connectivity index (χ4n) is 2.43. The monoisotopic (exact) mass is 372 g/mol. The second kappa shape index (κ2) is 7.58. The summed E-state index contributed by atoms with van der Waals surface area (Å²) in [6.45, 7) is 3.37. The van der Waals surface area contributed by atoms with Gasteiger partial charge in [0.2, 0.25) is 0 Å². The van der Waals surface area contributed by atoms with Crippen LogP contribution in [-0.2, 0) is 16.1 Å². The Balaban J connectivity index is 1.62. The fraction of sp³-hybridized carbons (Fsp3) is 0.211. The number of nitrogens with zero attached hydrogens (tertiary/aromatic N) is 2. The number of aromatic nitrogens is 2. The van der Waals surface area contributed by atoms with E-state index < -0.39 is 5.97 Å². The van der Waals surface area contributed by atoms with Crippen LogP contribution in [0, 0.1) is 13.8 Å². The van der Waals surface area contributed by atoms with Crippen molar-refractivity contribution in [3.8, 4) is 5.75 Å². The molecule has 134 valence electrons. The van der Waals surface area contributed by atoms with E-state index in [-0.39, 0.29) is 18.8 Å². The number of halogens is 1. The average molecular weight is 373 g/mol. The van der Waals surface area contributed by atoms with Crippen molar-refractivity contribution in [1.82, 2.24) is 9.38 Å². The molecule has 0 atom stereocenters.